The molecule has 0 aliphatic heterocycles. The summed E-state index contributed by atoms with van der Waals surface area (Å²) in [6.07, 6.45) is 3.15. The van der Waals surface area contributed by atoms with Crippen molar-refractivity contribution in [1.82, 2.24) is 14.1 Å². The van der Waals surface area contributed by atoms with Crippen LogP contribution in [-0.2, 0) is 21.4 Å². The number of amides is 1. The number of benzene rings is 2. The first-order chi connectivity index (χ1) is 15.2. The summed E-state index contributed by atoms with van der Waals surface area (Å²) in [4.78, 5) is 16.8. The van der Waals surface area contributed by atoms with E-state index in [0.717, 1.165) is 11.1 Å². The van der Waals surface area contributed by atoms with E-state index >= 15 is 0 Å². The number of halogens is 1. The zero-order valence-electron chi connectivity index (χ0n) is 19.2. The number of carbonyl (C=O) groups excluding carboxylic acids is 1. The highest BCUT2D eigenvalue weighted by Crippen LogP contribution is 2.17. The van der Waals surface area contributed by atoms with Gasteiger partial charge in [-0.2, -0.15) is 4.31 Å². The average molecular weight is 462 g/mol. The van der Waals surface area contributed by atoms with E-state index in [-0.39, 0.29) is 16.6 Å². The van der Waals surface area contributed by atoms with Crippen molar-refractivity contribution in [1.29, 1.82) is 0 Å². The van der Waals surface area contributed by atoms with E-state index in [4.69, 9.17) is 0 Å². The van der Waals surface area contributed by atoms with Gasteiger partial charge >= 0.3 is 0 Å². The Hall–Kier alpha value is -2.55. The van der Waals surface area contributed by atoms with E-state index in [1.54, 1.807) is 61.2 Å². The molecule has 2 aromatic carbocycles. The van der Waals surface area contributed by atoms with Crippen molar-refractivity contribution in [3.63, 3.8) is 0 Å². The highest BCUT2D eigenvalue weighted by molar-refractivity contribution is 7.89. The van der Waals surface area contributed by atoms with Gasteiger partial charge in [-0.1, -0.05) is 38.1 Å². The smallest absolute Gasteiger partial charge is 0.246 e. The molecule has 0 N–H and O–H groups in total. The second kappa shape index (κ2) is 11.9. The van der Waals surface area contributed by atoms with Gasteiger partial charge in [0.15, 0.2) is 0 Å². The molecule has 0 unspecified atom stereocenters. The fraction of sp³-hybridized carbons (Fsp3) is 0.375. The molecule has 0 heterocycles. The molecule has 0 bridgehead atoms. The van der Waals surface area contributed by atoms with Crippen molar-refractivity contribution in [2.75, 3.05) is 40.3 Å². The summed E-state index contributed by atoms with van der Waals surface area (Å²) in [7, 11) is 0.356. The summed E-state index contributed by atoms with van der Waals surface area (Å²) in [5, 5.41) is 0. The van der Waals surface area contributed by atoms with E-state index in [1.165, 1.54) is 22.5 Å². The van der Waals surface area contributed by atoms with Crippen molar-refractivity contribution in [2.24, 2.45) is 0 Å². The Morgan fingerprint density at radius 2 is 1.53 bits per heavy atom. The van der Waals surface area contributed by atoms with Gasteiger partial charge in [0.2, 0.25) is 15.9 Å². The fourth-order valence-electron chi connectivity index (χ4n) is 3.13. The Morgan fingerprint density at radius 1 is 0.938 bits per heavy atom. The number of carbonyl (C=O) groups is 1. The lowest BCUT2D eigenvalue weighted by Crippen LogP contribution is -2.35. The van der Waals surface area contributed by atoms with Crippen LogP contribution in [0.25, 0.3) is 6.08 Å². The van der Waals surface area contributed by atoms with Crippen LogP contribution in [0.15, 0.2) is 59.5 Å². The molecule has 0 saturated heterocycles. The van der Waals surface area contributed by atoms with Gasteiger partial charge in [0.05, 0.1) is 4.90 Å². The van der Waals surface area contributed by atoms with Crippen molar-refractivity contribution < 1.29 is 17.6 Å². The fourth-order valence-corrected chi connectivity index (χ4v) is 4.59. The lowest BCUT2D eigenvalue weighted by atomic mass is 10.2. The van der Waals surface area contributed by atoms with Crippen molar-refractivity contribution in [3.8, 4) is 0 Å². The predicted molar refractivity (Wildman–Crippen MR) is 126 cm³/mol. The molecular weight excluding hydrogens is 429 g/mol. The van der Waals surface area contributed by atoms with Crippen LogP contribution in [0.3, 0.4) is 0 Å². The van der Waals surface area contributed by atoms with Crippen LogP contribution in [0.4, 0.5) is 4.39 Å². The third-order valence-electron chi connectivity index (χ3n) is 5.06. The summed E-state index contributed by atoms with van der Waals surface area (Å²) in [5.74, 6) is -0.484. The third kappa shape index (κ3) is 7.25. The molecule has 0 aliphatic rings. The van der Waals surface area contributed by atoms with Crippen LogP contribution in [0.5, 0.6) is 0 Å². The van der Waals surface area contributed by atoms with Gasteiger partial charge in [0.25, 0.3) is 0 Å². The van der Waals surface area contributed by atoms with Gasteiger partial charge < -0.3 is 9.80 Å². The zero-order chi connectivity index (χ0) is 23.7. The van der Waals surface area contributed by atoms with Gasteiger partial charge in [-0.3, -0.25) is 4.79 Å². The Labute approximate surface area is 191 Å². The minimum atomic E-state index is -3.51. The van der Waals surface area contributed by atoms with E-state index in [2.05, 4.69) is 0 Å². The second-order valence-electron chi connectivity index (χ2n) is 7.68. The minimum absolute atomic E-state index is 0.170. The lowest BCUT2D eigenvalue weighted by Gasteiger charge is -2.23. The topological polar surface area (TPSA) is 60.9 Å². The molecule has 174 valence electrons. The summed E-state index contributed by atoms with van der Waals surface area (Å²) in [6, 6.07) is 12.6. The number of rotatable bonds is 11. The van der Waals surface area contributed by atoms with Crippen LogP contribution in [-0.4, -0.2) is 68.7 Å². The van der Waals surface area contributed by atoms with Crippen molar-refractivity contribution >= 4 is 22.0 Å². The molecule has 2 rings (SSSR count). The van der Waals surface area contributed by atoms with Gasteiger partial charge in [-0.25, -0.2) is 12.8 Å². The standard InChI is InChI=1S/C24H32FN3O3S/c1-5-28(6-2)32(30,31)23-14-9-20(10-15-23)11-16-24(29)27(18-17-26(3)4)19-21-7-12-22(25)13-8-21/h7-16H,5-6,17-19H2,1-4H3/b16-11+. The van der Waals surface area contributed by atoms with Crippen molar-refractivity contribution in [3.05, 3.63) is 71.6 Å². The summed E-state index contributed by atoms with van der Waals surface area (Å²) in [5.41, 5.74) is 1.57. The minimum Gasteiger partial charge on any atom is -0.334 e. The number of likely N-dealkylation sites (N-methyl/N-ethyl adjacent to an activating group) is 1. The van der Waals surface area contributed by atoms with Gasteiger partial charge in [0.1, 0.15) is 5.82 Å². The molecule has 0 spiro atoms. The third-order valence-corrected chi connectivity index (χ3v) is 7.12. The first kappa shape index (κ1) is 25.7. The van der Waals surface area contributed by atoms with E-state index < -0.39 is 10.0 Å². The second-order valence-corrected chi connectivity index (χ2v) is 9.62. The average Bonchev–Trinajstić information content (AvgIpc) is 2.77. The Balaban J connectivity index is 2.13. The van der Waals surface area contributed by atoms with Gasteiger partial charge in [-0.05, 0) is 55.6 Å². The summed E-state index contributed by atoms with van der Waals surface area (Å²) in [6.45, 7) is 6.01. The number of hydrogen-bond donors (Lipinski definition) is 0. The molecule has 32 heavy (non-hydrogen) atoms. The van der Waals surface area contributed by atoms with Crippen LogP contribution in [0.2, 0.25) is 0 Å². The number of nitrogens with zero attached hydrogens (tertiary/aromatic N) is 3. The van der Waals surface area contributed by atoms with E-state index in [0.29, 0.717) is 32.7 Å². The molecule has 0 radical (unpaired) electrons. The summed E-state index contributed by atoms with van der Waals surface area (Å²) < 4.78 is 39.8. The van der Waals surface area contributed by atoms with Gasteiger partial charge in [-0.15, -0.1) is 0 Å². The van der Waals surface area contributed by atoms with Crippen LogP contribution in [0, 0.1) is 5.82 Å². The number of hydrogen-bond acceptors (Lipinski definition) is 4. The lowest BCUT2D eigenvalue weighted by molar-refractivity contribution is -0.126. The summed E-state index contributed by atoms with van der Waals surface area (Å²) >= 11 is 0. The zero-order valence-corrected chi connectivity index (χ0v) is 20.0. The largest absolute Gasteiger partial charge is 0.334 e. The highest BCUT2D eigenvalue weighted by atomic mass is 32.2. The normalized spacial score (nSPS) is 12.1. The molecule has 0 fully saturated rings. The molecule has 0 aromatic heterocycles. The maximum Gasteiger partial charge on any atom is 0.246 e. The molecule has 1 amide bonds. The molecule has 8 heteroatoms. The van der Waals surface area contributed by atoms with Gasteiger partial charge in [0, 0.05) is 38.8 Å². The Bertz CT molecular complexity index is 1000. The maximum absolute atomic E-state index is 13.2. The molecule has 6 nitrogen and oxygen atoms in total. The van der Waals surface area contributed by atoms with E-state index in [1.807, 2.05) is 19.0 Å². The first-order valence-electron chi connectivity index (χ1n) is 10.6. The predicted octanol–water partition coefficient (Wildman–Crippen LogP) is 3.46. The Kier molecular flexibility index (Phi) is 9.56. The highest BCUT2D eigenvalue weighted by Gasteiger charge is 2.21. The van der Waals surface area contributed by atoms with Crippen LogP contribution >= 0.6 is 0 Å². The van der Waals surface area contributed by atoms with Crippen LogP contribution in [0.1, 0.15) is 25.0 Å². The molecule has 0 aliphatic carbocycles. The molecule has 2 aromatic rings. The molecular formula is C24H32FN3O3S. The monoisotopic (exact) mass is 461 g/mol. The SMILES string of the molecule is CCN(CC)S(=O)(=O)c1ccc(/C=C/C(=O)N(CCN(C)C)Cc2ccc(F)cc2)cc1. The quantitative estimate of drug-likeness (QED) is 0.481. The molecule has 0 saturated carbocycles. The van der Waals surface area contributed by atoms with Crippen molar-refractivity contribution in [2.45, 2.75) is 25.3 Å². The first-order valence-corrected chi connectivity index (χ1v) is 12.1. The number of sulfonamides is 1. The van der Waals surface area contributed by atoms with E-state index in [9.17, 15) is 17.6 Å². The van der Waals surface area contributed by atoms with Crippen LogP contribution < -0.4 is 0 Å². The Morgan fingerprint density at radius 3 is 2.06 bits per heavy atom. The molecule has 0 atom stereocenters. The maximum atomic E-state index is 13.2.